The van der Waals surface area contributed by atoms with E-state index in [-0.39, 0.29) is 6.42 Å². The van der Waals surface area contributed by atoms with Gasteiger partial charge in [-0.25, -0.2) is 4.68 Å². The minimum absolute atomic E-state index is 0.0792. The van der Waals surface area contributed by atoms with Crippen LogP contribution in [-0.4, -0.2) is 20.9 Å². The summed E-state index contributed by atoms with van der Waals surface area (Å²) in [5.74, 6) is -0.826. The fraction of sp³-hybridized carbons (Fsp3) is 0.231. The van der Waals surface area contributed by atoms with Crippen LogP contribution in [0.4, 0.5) is 0 Å². The van der Waals surface area contributed by atoms with Crippen LogP contribution < -0.4 is 0 Å². The highest BCUT2D eigenvalue weighted by Crippen LogP contribution is 2.29. The number of aromatic nitrogens is 2. The van der Waals surface area contributed by atoms with Gasteiger partial charge in [-0.05, 0) is 31.0 Å². The Labute approximate surface area is 120 Å². The first-order valence-corrected chi connectivity index (χ1v) is 6.46. The van der Waals surface area contributed by atoms with Crippen molar-refractivity contribution in [2.45, 2.75) is 19.8 Å². The predicted octanol–water partition coefficient (Wildman–Crippen LogP) is 3.50. The van der Waals surface area contributed by atoms with Crippen LogP contribution >= 0.6 is 23.2 Å². The van der Waals surface area contributed by atoms with Crippen LogP contribution in [-0.2, 0) is 11.2 Å². The molecule has 0 saturated heterocycles. The lowest BCUT2D eigenvalue weighted by Crippen LogP contribution is -2.02. The Bertz CT molecular complexity index is 623. The molecule has 2 aromatic rings. The number of rotatable bonds is 4. The molecule has 0 radical (unpaired) electrons. The molecule has 100 valence electrons. The highest BCUT2D eigenvalue weighted by molar-refractivity contribution is 6.43. The lowest BCUT2D eigenvalue weighted by atomic mass is 10.1. The average Bonchev–Trinajstić information content (AvgIpc) is 2.72. The van der Waals surface area contributed by atoms with Gasteiger partial charge in [0.15, 0.2) is 0 Å². The maximum atomic E-state index is 10.6. The van der Waals surface area contributed by atoms with Crippen LogP contribution in [0.5, 0.6) is 0 Å². The molecular weight excluding hydrogens is 287 g/mol. The highest BCUT2D eigenvalue weighted by Gasteiger charge is 2.13. The van der Waals surface area contributed by atoms with E-state index in [1.807, 2.05) is 13.0 Å². The summed E-state index contributed by atoms with van der Waals surface area (Å²) in [6.45, 7) is 1.88. The number of hydrogen-bond acceptors (Lipinski definition) is 2. The summed E-state index contributed by atoms with van der Waals surface area (Å²) in [4.78, 5) is 10.6. The molecule has 4 nitrogen and oxygen atoms in total. The number of aliphatic carboxylic acids is 1. The minimum Gasteiger partial charge on any atom is -0.481 e. The molecule has 0 fully saturated rings. The first-order chi connectivity index (χ1) is 9.00. The van der Waals surface area contributed by atoms with Crippen molar-refractivity contribution in [3.05, 3.63) is 45.7 Å². The largest absolute Gasteiger partial charge is 0.481 e. The molecule has 0 saturated carbocycles. The first kappa shape index (κ1) is 13.9. The van der Waals surface area contributed by atoms with Crippen molar-refractivity contribution in [3.8, 4) is 5.69 Å². The van der Waals surface area contributed by atoms with Gasteiger partial charge < -0.3 is 5.11 Å². The molecule has 1 aromatic carbocycles. The molecule has 0 aliphatic heterocycles. The Hall–Kier alpha value is -1.52. The van der Waals surface area contributed by atoms with Gasteiger partial charge in [-0.2, -0.15) is 5.10 Å². The van der Waals surface area contributed by atoms with Crippen LogP contribution in [0.2, 0.25) is 10.0 Å². The van der Waals surface area contributed by atoms with Crippen LogP contribution in [0.1, 0.15) is 17.7 Å². The monoisotopic (exact) mass is 298 g/mol. The normalized spacial score (nSPS) is 10.7. The Morgan fingerprint density at radius 1 is 1.42 bits per heavy atom. The van der Waals surface area contributed by atoms with E-state index in [4.69, 9.17) is 28.3 Å². The summed E-state index contributed by atoms with van der Waals surface area (Å²) in [6.07, 6.45) is 2.19. The highest BCUT2D eigenvalue weighted by atomic mass is 35.5. The van der Waals surface area contributed by atoms with Gasteiger partial charge in [0.05, 0.1) is 21.9 Å². The molecule has 6 heteroatoms. The number of carboxylic acids is 1. The average molecular weight is 299 g/mol. The number of hydrogen-bond donors (Lipinski definition) is 1. The fourth-order valence-corrected chi connectivity index (χ4v) is 2.20. The number of carboxylic acid groups (broad SMARTS) is 1. The van der Waals surface area contributed by atoms with Crippen molar-refractivity contribution in [2.24, 2.45) is 0 Å². The third-order valence-corrected chi connectivity index (χ3v) is 3.69. The quantitative estimate of drug-likeness (QED) is 0.940. The number of carbonyl (C=O) groups is 1. The Morgan fingerprint density at radius 3 is 2.84 bits per heavy atom. The van der Waals surface area contributed by atoms with E-state index in [0.717, 1.165) is 11.3 Å². The molecule has 1 aromatic heterocycles. The molecule has 0 aliphatic carbocycles. The van der Waals surface area contributed by atoms with Crippen LogP contribution in [0.15, 0.2) is 24.4 Å². The summed E-state index contributed by atoms with van der Waals surface area (Å²) in [5.41, 5.74) is 2.44. The topological polar surface area (TPSA) is 55.1 Å². The van der Waals surface area contributed by atoms with E-state index in [9.17, 15) is 4.79 Å². The molecule has 0 amide bonds. The van der Waals surface area contributed by atoms with E-state index in [0.29, 0.717) is 22.2 Å². The summed E-state index contributed by atoms with van der Waals surface area (Å²) < 4.78 is 1.67. The maximum Gasteiger partial charge on any atom is 0.303 e. The SMILES string of the molecule is Cc1c(CCC(=O)O)cnn1-c1cccc(Cl)c1Cl. The third kappa shape index (κ3) is 2.91. The van der Waals surface area contributed by atoms with Crippen LogP contribution in [0, 0.1) is 6.92 Å². The second-order valence-corrected chi connectivity index (χ2v) is 4.92. The zero-order valence-electron chi connectivity index (χ0n) is 10.2. The molecular formula is C13H12Cl2N2O2. The molecule has 2 rings (SSSR count). The van der Waals surface area contributed by atoms with Gasteiger partial charge in [0.1, 0.15) is 0 Å². The van der Waals surface area contributed by atoms with E-state index >= 15 is 0 Å². The lowest BCUT2D eigenvalue weighted by molar-refractivity contribution is -0.136. The Balaban J connectivity index is 2.36. The summed E-state index contributed by atoms with van der Waals surface area (Å²) in [6, 6.07) is 5.31. The second kappa shape index (κ2) is 5.63. The van der Waals surface area contributed by atoms with E-state index in [1.54, 1.807) is 23.0 Å². The van der Waals surface area contributed by atoms with Crippen molar-refractivity contribution in [3.63, 3.8) is 0 Å². The molecule has 0 aliphatic rings. The standard InChI is InChI=1S/C13H12Cl2N2O2/c1-8-9(5-6-12(18)19)7-16-17(8)11-4-2-3-10(14)13(11)15/h2-4,7H,5-6H2,1H3,(H,18,19). The van der Waals surface area contributed by atoms with Gasteiger partial charge in [-0.1, -0.05) is 29.3 Å². The first-order valence-electron chi connectivity index (χ1n) is 5.70. The van der Waals surface area contributed by atoms with Gasteiger partial charge in [0.25, 0.3) is 0 Å². The minimum atomic E-state index is -0.826. The summed E-state index contributed by atoms with van der Waals surface area (Å²) in [7, 11) is 0. The molecule has 0 spiro atoms. The molecule has 19 heavy (non-hydrogen) atoms. The molecule has 0 atom stereocenters. The molecule has 0 unspecified atom stereocenters. The third-order valence-electron chi connectivity index (χ3n) is 2.88. The van der Waals surface area contributed by atoms with Crippen LogP contribution in [0.3, 0.4) is 0 Å². The smallest absolute Gasteiger partial charge is 0.303 e. The van der Waals surface area contributed by atoms with Crippen molar-refractivity contribution < 1.29 is 9.90 Å². The van der Waals surface area contributed by atoms with E-state index in [1.165, 1.54) is 0 Å². The second-order valence-electron chi connectivity index (χ2n) is 4.13. The fourth-order valence-electron chi connectivity index (χ4n) is 1.83. The summed E-state index contributed by atoms with van der Waals surface area (Å²) in [5, 5.41) is 13.8. The zero-order valence-corrected chi connectivity index (χ0v) is 11.7. The Morgan fingerprint density at radius 2 is 2.16 bits per heavy atom. The van der Waals surface area contributed by atoms with Crippen molar-refractivity contribution in [1.82, 2.24) is 9.78 Å². The van der Waals surface area contributed by atoms with Crippen molar-refractivity contribution >= 4 is 29.2 Å². The maximum absolute atomic E-state index is 10.6. The molecule has 1 heterocycles. The number of nitrogens with zero attached hydrogens (tertiary/aromatic N) is 2. The number of benzene rings is 1. The predicted molar refractivity (Wildman–Crippen MR) is 74.3 cm³/mol. The van der Waals surface area contributed by atoms with Crippen molar-refractivity contribution in [2.75, 3.05) is 0 Å². The van der Waals surface area contributed by atoms with Gasteiger partial charge in [0.2, 0.25) is 0 Å². The summed E-state index contributed by atoms with van der Waals surface area (Å²) >= 11 is 12.1. The molecule has 1 N–H and O–H groups in total. The van der Waals surface area contributed by atoms with Crippen LogP contribution in [0.25, 0.3) is 5.69 Å². The Kier molecular flexibility index (Phi) is 4.12. The number of halogens is 2. The molecule has 0 bridgehead atoms. The number of aryl methyl sites for hydroxylation is 1. The van der Waals surface area contributed by atoms with E-state index < -0.39 is 5.97 Å². The zero-order chi connectivity index (χ0) is 14.0. The van der Waals surface area contributed by atoms with Gasteiger partial charge >= 0.3 is 5.97 Å². The van der Waals surface area contributed by atoms with Gasteiger partial charge in [0, 0.05) is 12.1 Å². The lowest BCUT2D eigenvalue weighted by Gasteiger charge is -2.08. The van der Waals surface area contributed by atoms with E-state index in [2.05, 4.69) is 5.10 Å². The van der Waals surface area contributed by atoms with Crippen molar-refractivity contribution in [1.29, 1.82) is 0 Å². The van der Waals surface area contributed by atoms with Gasteiger partial charge in [-0.15, -0.1) is 0 Å². The van der Waals surface area contributed by atoms with Gasteiger partial charge in [-0.3, -0.25) is 4.79 Å².